The van der Waals surface area contributed by atoms with Gasteiger partial charge in [-0.1, -0.05) is 48.0 Å². The first-order valence-electron chi connectivity index (χ1n) is 6.76. The van der Waals surface area contributed by atoms with Crippen molar-refractivity contribution < 1.29 is 22.5 Å². The van der Waals surface area contributed by atoms with Gasteiger partial charge in [-0.05, 0) is 24.6 Å². The molecule has 3 N–H and O–H groups in total. The molecule has 7 heteroatoms. The quantitative estimate of drug-likeness (QED) is 0.381. The van der Waals surface area contributed by atoms with Crippen LogP contribution in [0.25, 0.3) is 0 Å². The van der Waals surface area contributed by atoms with Crippen LogP contribution in [0.1, 0.15) is 11.1 Å². The van der Waals surface area contributed by atoms with Crippen LogP contribution in [-0.2, 0) is 26.3 Å². The SMILES string of the molecule is Cc1ccc(S(=O)(=O)O)cc1.[15NH2][13CH2][13C](=O)OCc1ccccc1. The fourth-order valence-corrected chi connectivity index (χ4v) is 1.99. The highest BCUT2D eigenvalue weighted by molar-refractivity contribution is 7.85. The van der Waals surface area contributed by atoms with Gasteiger partial charge < -0.3 is 10.5 Å². The minimum absolute atomic E-state index is 0.0627. The Kier molecular flexibility index (Phi) is 7.40. The monoisotopic (exact) mass is 340 g/mol. The molecular weight excluding hydrogens is 321 g/mol. The predicted octanol–water partition coefficient (Wildman–Crippen LogP) is 1.93. The standard InChI is InChI=1S/C9H11NO2.C7H8O3S/c10-6-9(11)12-7-8-4-2-1-3-5-8;1-6-2-4-7(5-3-6)11(8,9)10/h1-5H,6-7,10H2;2-5H,1H3,(H,8,9,10)/i6+1,9+1,10+1;. The Hall–Kier alpha value is -2.22. The number of hydrogen-bond acceptors (Lipinski definition) is 5. The molecule has 0 aliphatic rings. The zero-order chi connectivity index (χ0) is 17.3. The second kappa shape index (κ2) is 9.04. The van der Waals surface area contributed by atoms with E-state index in [0.717, 1.165) is 11.1 Å². The molecule has 2 rings (SSSR count). The summed E-state index contributed by atoms with van der Waals surface area (Å²) in [4.78, 5) is 10.6. The number of aryl methyl sites for hydroxylation is 1. The van der Waals surface area contributed by atoms with E-state index in [0.29, 0.717) is 6.61 Å². The van der Waals surface area contributed by atoms with Gasteiger partial charge in [0, 0.05) is 0 Å². The Morgan fingerprint density at radius 3 is 2.13 bits per heavy atom. The average molecular weight is 340 g/mol. The summed E-state index contributed by atoms with van der Waals surface area (Å²) in [6, 6.07) is 15.5. The molecule has 0 amide bonds. The zero-order valence-corrected chi connectivity index (χ0v) is 13.5. The molecule has 2 aromatic carbocycles. The van der Waals surface area contributed by atoms with E-state index < -0.39 is 10.1 Å². The third-order valence-corrected chi connectivity index (χ3v) is 3.60. The normalized spacial score (nSPS) is 10.4. The summed E-state index contributed by atoms with van der Waals surface area (Å²) >= 11 is 0. The summed E-state index contributed by atoms with van der Waals surface area (Å²) in [7, 11) is -4.02. The van der Waals surface area contributed by atoms with E-state index in [1.165, 1.54) is 12.1 Å². The van der Waals surface area contributed by atoms with Crippen LogP contribution in [0.5, 0.6) is 0 Å². The van der Waals surface area contributed by atoms with Gasteiger partial charge in [-0.25, -0.2) is 0 Å². The molecule has 0 fully saturated rings. The maximum atomic E-state index is 10.6. The second-order valence-electron chi connectivity index (χ2n) is 4.64. The molecule has 124 valence electrons. The highest BCUT2D eigenvalue weighted by atomic mass is 32.2. The minimum Gasteiger partial charge on any atom is -0.460 e. The largest absolute Gasteiger partial charge is 0.460 e. The van der Waals surface area contributed by atoms with Crippen LogP contribution >= 0.6 is 0 Å². The molecule has 0 bridgehead atoms. The van der Waals surface area contributed by atoms with Gasteiger partial charge in [0.15, 0.2) is 0 Å². The molecule has 0 aliphatic heterocycles. The molecule has 0 aromatic heterocycles. The summed E-state index contributed by atoms with van der Waals surface area (Å²) in [5.41, 5.74) is 6.99. The number of nitrogens with two attached hydrogens (primary N) is 1. The van der Waals surface area contributed by atoms with Gasteiger partial charge in [0.05, 0.1) is 11.4 Å². The zero-order valence-electron chi connectivity index (χ0n) is 12.7. The van der Waals surface area contributed by atoms with Crippen molar-refractivity contribution in [2.75, 3.05) is 6.54 Å². The van der Waals surface area contributed by atoms with Crippen LogP contribution in [0.3, 0.4) is 0 Å². The number of rotatable bonds is 4. The van der Waals surface area contributed by atoms with Gasteiger partial charge in [0.25, 0.3) is 10.1 Å². The highest BCUT2D eigenvalue weighted by Crippen LogP contribution is 2.08. The molecule has 0 saturated carbocycles. The van der Waals surface area contributed by atoms with Gasteiger partial charge in [-0.3, -0.25) is 9.35 Å². The lowest BCUT2D eigenvalue weighted by Gasteiger charge is -2.01. The van der Waals surface area contributed by atoms with Gasteiger partial charge in [0.1, 0.15) is 6.61 Å². The Morgan fingerprint density at radius 1 is 1.09 bits per heavy atom. The van der Waals surface area contributed by atoms with E-state index in [2.05, 4.69) is 0 Å². The number of ether oxygens (including phenoxy) is 1. The van der Waals surface area contributed by atoms with Gasteiger partial charge in [-0.15, -0.1) is 0 Å². The number of benzene rings is 2. The number of esters is 1. The molecule has 0 aliphatic carbocycles. The maximum Gasteiger partial charge on any atom is 0.320 e. The van der Waals surface area contributed by atoms with E-state index in [-0.39, 0.29) is 17.4 Å². The highest BCUT2D eigenvalue weighted by Gasteiger charge is 2.06. The molecule has 23 heavy (non-hydrogen) atoms. The Labute approximate surface area is 135 Å². The Balaban J connectivity index is 0.000000231. The van der Waals surface area contributed by atoms with Crippen LogP contribution in [-0.4, -0.2) is 25.5 Å². The summed E-state index contributed by atoms with van der Waals surface area (Å²) in [5.74, 6) is -0.376. The van der Waals surface area contributed by atoms with Crippen molar-refractivity contribution in [3.05, 3.63) is 65.7 Å². The van der Waals surface area contributed by atoms with E-state index in [4.69, 9.17) is 15.0 Å². The topological polar surface area (TPSA) is 107 Å². The van der Waals surface area contributed by atoms with Crippen LogP contribution in [0.4, 0.5) is 0 Å². The third kappa shape index (κ3) is 7.55. The molecule has 0 heterocycles. The predicted molar refractivity (Wildman–Crippen MR) is 86.3 cm³/mol. The smallest absolute Gasteiger partial charge is 0.320 e. The molecule has 0 saturated heterocycles. The number of carbonyl (C=O) groups is 1. The fourth-order valence-electron chi connectivity index (χ4n) is 1.51. The summed E-state index contributed by atoms with van der Waals surface area (Å²) in [6.07, 6.45) is 0. The first-order chi connectivity index (χ1) is 10.8. The summed E-state index contributed by atoms with van der Waals surface area (Å²) in [6.45, 7) is 2.08. The second-order valence-corrected chi connectivity index (χ2v) is 6.06. The first kappa shape index (κ1) is 18.8. The summed E-state index contributed by atoms with van der Waals surface area (Å²) in [5, 5.41) is 0. The number of carbonyl (C=O) groups excluding carboxylic acids is 1. The third-order valence-electron chi connectivity index (χ3n) is 2.73. The number of hydrogen-bond donors (Lipinski definition) is 2. The van der Waals surface area contributed by atoms with E-state index >= 15 is 0 Å². The van der Waals surface area contributed by atoms with E-state index in [9.17, 15) is 13.2 Å². The van der Waals surface area contributed by atoms with Crippen LogP contribution < -0.4 is 5.73 Å². The van der Waals surface area contributed by atoms with Crippen molar-refractivity contribution >= 4 is 16.1 Å². The first-order valence-corrected chi connectivity index (χ1v) is 8.20. The van der Waals surface area contributed by atoms with Gasteiger partial charge >= 0.3 is 5.97 Å². The van der Waals surface area contributed by atoms with E-state index in [1.54, 1.807) is 12.1 Å². The molecule has 0 atom stereocenters. The lowest BCUT2D eigenvalue weighted by molar-refractivity contribution is -0.143. The van der Waals surface area contributed by atoms with E-state index in [1.807, 2.05) is 37.3 Å². The van der Waals surface area contributed by atoms with Crippen LogP contribution in [0.2, 0.25) is 0 Å². The van der Waals surface area contributed by atoms with Crippen molar-refractivity contribution in [2.45, 2.75) is 18.4 Å². The van der Waals surface area contributed by atoms with Crippen LogP contribution in [0, 0.1) is 6.92 Å². The lowest BCUT2D eigenvalue weighted by Crippen LogP contribution is -2.16. The Morgan fingerprint density at radius 2 is 1.65 bits per heavy atom. The molecule has 6 nitrogen and oxygen atoms in total. The maximum absolute atomic E-state index is 10.6. The van der Waals surface area contributed by atoms with Crippen LogP contribution in [0.15, 0.2) is 59.5 Å². The fraction of sp³-hybridized carbons (Fsp3) is 0.188. The molecule has 0 spiro atoms. The van der Waals surface area contributed by atoms with Crippen molar-refractivity contribution in [1.82, 2.24) is 0 Å². The molecule has 0 radical (unpaired) electrons. The van der Waals surface area contributed by atoms with Gasteiger partial charge in [0.2, 0.25) is 0 Å². The van der Waals surface area contributed by atoms with Crippen molar-refractivity contribution in [1.29, 1.82) is 0 Å². The summed E-state index contributed by atoms with van der Waals surface area (Å²) < 4.78 is 34.4. The molecular formula is C16H19NO5S. The lowest BCUT2D eigenvalue weighted by atomic mass is 10.2. The van der Waals surface area contributed by atoms with Crippen molar-refractivity contribution in [3.63, 3.8) is 0 Å². The van der Waals surface area contributed by atoms with Crippen molar-refractivity contribution in [2.24, 2.45) is 5.73 Å². The Bertz CT molecular complexity index is 712. The average Bonchev–Trinajstić information content (AvgIpc) is 2.53. The molecule has 0 unspecified atom stereocenters. The van der Waals surface area contributed by atoms with Crippen molar-refractivity contribution in [3.8, 4) is 0 Å². The molecule has 2 aromatic rings. The minimum atomic E-state index is -4.02. The van der Waals surface area contributed by atoms with Gasteiger partial charge in [-0.2, -0.15) is 8.42 Å².